The second-order valence-electron chi connectivity index (χ2n) is 38.8. The van der Waals surface area contributed by atoms with Gasteiger partial charge in [-0.15, -0.1) is 0 Å². The lowest BCUT2D eigenvalue weighted by Gasteiger charge is -2.31. The zero-order valence-electron chi connectivity index (χ0n) is 82.5. The van der Waals surface area contributed by atoms with E-state index in [4.69, 9.17) is 67.5 Å². The molecule has 0 unspecified atom stereocenters. The van der Waals surface area contributed by atoms with E-state index in [9.17, 15) is 9.59 Å². The van der Waals surface area contributed by atoms with Crippen molar-refractivity contribution < 1.29 is 14.3 Å². The molecule has 0 aliphatic carbocycles. The smallest absolute Gasteiger partial charge is 0.410 e. The zero-order valence-corrected chi connectivity index (χ0v) is 82.5. The van der Waals surface area contributed by atoms with Gasteiger partial charge in [-0.05, 0) is 162 Å². The minimum atomic E-state index is -0.255. The van der Waals surface area contributed by atoms with Gasteiger partial charge < -0.3 is 47.7 Å². The molecule has 734 valence electrons. The number of benzene rings is 9. The molecule has 9 aromatic carbocycles. The van der Waals surface area contributed by atoms with E-state index >= 15 is 0 Å². The fourth-order valence-electron chi connectivity index (χ4n) is 21.2. The molecule has 4 saturated heterocycles. The van der Waals surface area contributed by atoms with Crippen molar-refractivity contribution in [2.24, 2.45) is 23.7 Å². The van der Waals surface area contributed by atoms with Crippen LogP contribution in [0.1, 0.15) is 94.1 Å². The van der Waals surface area contributed by atoms with E-state index in [1.807, 2.05) is 138 Å². The molecule has 25 rings (SSSR count). The van der Waals surface area contributed by atoms with Crippen LogP contribution in [0.2, 0.25) is 0 Å². The molecular weight excluding hydrogens is 1830 g/mol. The summed E-state index contributed by atoms with van der Waals surface area (Å²) in [4.78, 5) is 88.4. The Labute approximate surface area is 852 Å². The van der Waals surface area contributed by atoms with Crippen LogP contribution in [-0.2, 0) is 41.8 Å². The van der Waals surface area contributed by atoms with Gasteiger partial charge in [0.05, 0.1) is 44.8 Å². The number of pyridine rings is 4. The van der Waals surface area contributed by atoms with Gasteiger partial charge in [0.15, 0.2) is 0 Å². The average molecular weight is 1940 g/mol. The average Bonchev–Trinajstić information content (AvgIpc) is 1.63. The van der Waals surface area contributed by atoms with Gasteiger partial charge in [0.2, 0.25) is 5.91 Å². The highest BCUT2D eigenvalue weighted by Gasteiger charge is 2.31. The molecule has 0 saturated carbocycles. The summed E-state index contributed by atoms with van der Waals surface area (Å²) in [6.45, 7) is 12.7. The van der Waals surface area contributed by atoms with Crippen molar-refractivity contribution in [3.05, 3.63) is 351 Å². The quantitative estimate of drug-likeness (QED) is 0.0502. The summed E-state index contributed by atoms with van der Waals surface area (Å²) in [5, 5.41) is 7.79. The molecule has 12 aromatic heterocycles. The van der Waals surface area contributed by atoms with Gasteiger partial charge in [-0.3, -0.25) is 22.4 Å². The van der Waals surface area contributed by atoms with Crippen LogP contribution in [0.5, 0.6) is 0 Å². The molecule has 147 heavy (non-hydrogen) atoms. The Morgan fingerprint density at radius 3 is 0.884 bits per heavy atom. The number of nitrogens with zero attached hydrogens (tertiary/aromatic N) is 19. The number of piperidine rings is 4. The normalized spacial score (nSPS) is 14.6. The molecule has 0 bridgehead atoms. The van der Waals surface area contributed by atoms with E-state index in [2.05, 4.69) is 225 Å². The van der Waals surface area contributed by atoms with Crippen molar-refractivity contribution in [3.63, 3.8) is 0 Å². The van der Waals surface area contributed by atoms with Crippen LogP contribution in [0.3, 0.4) is 0 Å². The third-order valence-corrected chi connectivity index (χ3v) is 29.4. The predicted molar refractivity (Wildman–Crippen MR) is 585 cm³/mol. The molecule has 9 N–H and O–H groups in total. The van der Waals surface area contributed by atoms with E-state index in [1.165, 1.54) is 38.8 Å². The van der Waals surface area contributed by atoms with E-state index < -0.39 is 0 Å². The van der Waals surface area contributed by atoms with Crippen LogP contribution in [0.25, 0.3) is 156 Å². The highest BCUT2D eigenvalue weighted by molar-refractivity contribution is 5.96. The van der Waals surface area contributed by atoms with Crippen molar-refractivity contribution in [3.8, 4) is 90.1 Å². The Morgan fingerprint density at radius 1 is 0.320 bits per heavy atom. The number of hydrogen-bond donors (Lipinski definition) is 5. The Morgan fingerprint density at radius 2 is 0.592 bits per heavy atom. The molecule has 27 nitrogen and oxygen atoms in total. The summed E-state index contributed by atoms with van der Waals surface area (Å²) in [7, 11) is 0. The first-order valence-corrected chi connectivity index (χ1v) is 51.1. The van der Waals surface area contributed by atoms with Crippen LogP contribution in [0.4, 0.5) is 28.1 Å². The number of amides is 2. The fraction of sp³-hybridized carbons (Fsp3) is 0.233. The maximum atomic E-state index is 12.7. The van der Waals surface area contributed by atoms with Gasteiger partial charge in [0.1, 0.15) is 98.0 Å². The van der Waals surface area contributed by atoms with Gasteiger partial charge in [0, 0.05) is 174 Å². The summed E-state index contributed by atoms with van der Waals surface area (Å²) in [5.74, 6) is 8.22. The van der Waals surface area contributed by atoms with Crippen LogP contribution >= 0.6 is 0 Å². The Bertz CT molecular complexity index is 8320. The van der Waals surface area contributed by atoms with E-state index in [0.717, 1.165) is 269 Å². The summed E-state index contributed by atoms with van der Waals surface area (Å²) in [6, 6.07) is 92.6. The number of anilines is 4. The monoisotopic (exact) mass is 1940 g/mol. The highest BCUT2D eigenvalue weighted by atomic mass is 16.6. The molecule has 16 heterocycles. The number of fused-ring (bicyclic) bond motifs is 8. The van der Waals surface area contributed by atoms with Crippen molar-refractivity contribution in [1.29, 1.82) is 0 Å². The number of nitrogens with one attached hydrogen (secondary N) is 1. The number of hydrogen-bond acceptors (Lipinski definition) is 21. The molecule has 2 amide bonds. The molecule has 27 heteroatoms. The number of nitrogen functional groups attached to an aromatic ring is 4. The largest absolute Gasteiger partial charge is 0.445 e. The number of rotatable bonds is 19. The number of aromatic nitrogens is 16. The first kappa shape index (κ1) is 94.8. The van der Waals surface area contributed by atoms with E-state index in [-0.39, 0.29) is 18.6 Å². The van der Waals surface area contributed by atoms with Gasteiger partial charge in [0.25, 0.3) is 0 Å². The summed E-state index contributed by atoms with van der Waals surface area (Å²) < 4.78 is 14.0. The van der Waals surface area contributed by atoms with Crippen LogP contribution in [-0.4, -0.2) is 163 Å². The van der Waals surface area contributed by atoms with Gasteiger partial charge >= 0.3 is 6.09 Å². The maximum absolute atomic E-state index is 12.7. The summed E-state index contributed by atoms with van der Waals surface area (Å²) in [5.41, 5.74) is 49.1. The van der Waals surface area contributed by atoms with Crippen molar-refractivity contribution in [2.45, 2.75) is 97.5 Å². The lowest BCUT2D eigenvalue weighted by atomic mass is 9.93. The first-order chi connectivity index (χ1) is 72.1. The van der Waals surface area contributed by atoms with Gasteiger partial charge in [-0.1, -0.05) is 231 Å². The van der Waals surface area contributed by atoms with Crippen molar-refractivity contribution in [1.82, 2.24) is 97.4 Å². The minimum absolute atomic E-state index is 0.154. The Hall–Kier alpha value is -17.0. The number of ether oxygens (including phenoxy) is 1. The number of likely N-dealkylation sites (tertiary alicyclic amines) is 3. The topological polar surface area (TPSA) is 342 Å². The molecule has 4 aliphatic rings. The molecule has 0 spiro atoms. The van der Waals surface area contributed by atoms with E-state index in [1.54, 1.807) is 31.7 Å². The molecular formula is C120H116N24O3. The fourth-order valence-corrected chi connectivity index (χ4v) is 21.2. The summed E-state index contributed by atoms with van der Waals surface area (Å²) >= 11 is 0. The number of carbonyl (C=O) groups is 2. The SMILES string of the molecule is CC(=O)N1CCC(Cc2nc(-c3ccc4ccc(-c5ccccc5)nc4c3)c3c(N)nccn23)CC1.CCN1CCC(Cc2nc(-c3ccc4ccc(-c5ccccc5)nc4c3)c3c(N)nccn23)CC1.Nc1nccn2c(CC3CCN(C(=O)OCc4ccccc4)CC3)nc(-c3ccc4ccc(-c5ccccc5)nc4c3)c12.Nc1nccn2c(CC3CCNCC3)nc(-c3ccc4ccc(-c5ccccc5)nc4c3)c12. The van der Waals surface area contributed by atoms with Gasteiger partial charge in [-0.2, -0.15) is 0 Å². The number of carbonyl (C=O) groups excluding carboxylic acids is 2. The third-order valence-electron chi connectivity index (χ3n) is 29.4. The highest BCUT2D eigenvalue weighted by Crippen LogP contribution is 2.40. The summed E-state index contributed by atoms with van der Waals surface area (Å²) in [6.07, 6.45) is 26.5. The molecule has 4 fully saturated rings. The first-order valence-electron chi connectivity index (χ1n) is 51.1. The second kappa shape index (κ2) is 42.9. The number of imidazole rings is 4. The predicted octanol–water partition coefficient (Wildman–Crippen LogP) is 22.0. The van der Waals surface area contributed by atoms with Crippen molar-refractivity contribution in [2.75, 3.05) is 81.8 Å². The van der Waals surface area contributed by atoms with Crippen LogP contribution < -0.4 is 28.3 Å². The Kier molecular flexibility index (Phi) is 27.7. The second-order valence-corrected chi connectivity index (χ2v) is 38.8. The molecule has 0 atom stereocenters. The van der Waals surface area contributed by atoms with Crippen molar-refractivity contribution >= 4 is 101 Å². The van der Waals surface area contributed by atoms with Crippen LogP contribution in [0.15, 0.2) is 323 Å². The molecule has 0 radical (unpaired) electrons. The maximum Gasteiger partial charge on any atom is 0.410 e. The zero-order chi connectivity index (χ0) is 99.8. The third kappa shape index (κ3) is 20.8. The Balaban J connectivity index is 0.000000112. The molecule has 4 aliphatic heterocycles. The number of nitrogens with two attached hydrogens (primary N) is 4. The lowest BCUT2D eigenvalue weighted by Crippen LogP contribution is -2.39. The van der Waals surface area contributed by atoms with E-state index in [0.29, 0.717) is 60.0 Å². The standard InChI is InChI=1S/C35H32N6O2.C29H28N6O.C29H30N6.C27H26N6/c36-34-33-32(28-12-11-27-13-14-29(38-30(27)22-28)26-9-5-2-6-10-26)39-31(41(33)20-17-37-34)21-24-15-18-40(19-16-24)35(42)43-23-25-7-3-1-4-8-25;1-19(36)34-14-11-20(12-15-34)17-26-33-27(28-29(30)31-13-16-35(26)28)23-8-7-22-9-10-24(32-25(22)18-23)21-5-3-2-4-6-21;1-2-34-15-12-20(13-16-34)18-26-33-27(28-29(30)31-14-17-35(26)28)23-9-8-22-10-11-24(32-25(22)19-23)21-6-4-3-5-7-21;28-27-26-25(32-24(33(26)15-14-30-27)16-18-10-12-29-13-11-18)21-7-6-20-8-9-22(31-23(20)17-21)19-4-2-1-3-5-19/h1-14,17,20,22,24H,15-16,18-19,21,23H2,(H2,36,37);2-10,13,16,18,20H,11-12,14-15,17H2,1H3,(H2,30,31);3-11,14,17,19-20H,2,12-13,15-16,18H2,1H3,(H2,30,31);1-9,14-15,17-18,29H,10-13,16H2,(H2,28,30). The minimum Gasteiger partial charge on any atom is -0.445 e. The lowest BCUT2D eigenvalue weighted by molar-refractivity contribution is -0.130. The van der Waals surface area contributed by atoms with Gasteiger partial charge in [-0.25, -0.2) is 64.6 Å². The molecule has 21 aromatic rings. The van der Waals surface area contributed by atoms with Crippen LogP contribution in [0, 0.1) is 23.7 Å².